The minimum atomic E-state index is -0.764. The molecule has 1 saturated heterocycles. The summed E-state index contributed by atoms with van der Waals surface area (Å²) in [5.41, 5.74) is 1.26. The summed E-state index contributed by atoms with van der Waals surface area (Å²) in [6, 6.07) is 4.29. The molecule has 5 nitrogen and oxygen atoms in total. The van der Waals surface area contributed by atoms with Crippen molar-refractivity contribution in [2.75, 3.05) is 19.6 Å². The molecule has 6 rings (SSSR count). The standard InChI is InChI=1S/C24H34N2O3/c1-2-3-11-25-17-8-9-24(28)19-13-16-6-7-18(27)21-20(16)23(24,22(17)29-21)10-12-26(19)14-15-4-5-15/h6-7,15,17,19,22,25,27-28H,2-5,8-14H2,1H3/t17-,19-,22+,23+,24-/m1/s1. The fraction of sp³-hybridized carbons (Fsp3) is 0.750. The highest BCUT2D eigenvalue weighted by molar-refractivity contribution is 5.62. The number of aliphatic hydroxyl groups is 1. The molecule has 0 amide bonds. The van der Waals surface area contributed by atoms with Crippen molar-refractivity contribution in [3.63, 3.8) is 0 Å². The van der Waals surface area contributed by atoms with Gasteiger partial charge in [-0.1, -0.05) is 19.4 Å². The van der Waals surface area contributed by atoms with Crippen molar-refractivity contribution in [1.82, 2.24) is 10.2 Å². The molecule has 3 fully saturated rings. The second kappa shape index (κ2) is 6.35. The molecule has 29 heavy (non-hydrogen) atoms. The Morgan fingerprint density at radius 1 is 1.24 bits per heavy atom. The lowest BCUT2D eigenvalue weighted by Crippen LogP contribution is -2.78. The predicted octanol–water partition coefficient (Wildman–Crippen LogP) is 2.71. The average Bonchev–Trinajstić information content (AvgIpc) is 3.45. The number of piperidine rings is 1. The van der Waals surface area contributed by atoms with E-state index in [1.54, 1.807) is 6.07 Å². The van der Waals surface area contributed by atoms with Gasteiger partial charge in [0.2, 0.25) is 0 Å². The zero-order valence-electron chi connectivity index (χ0n) is 17.5. The normalized spacial score (nSPS) is 39.9. The van der Waals surface area contributed by atoms with Crippen LogP contribution in [0.5, 0.6) is 11.5 Å². The van der Waals surface area contributed by atoms with Crippen molar-refractivity contribution < 1.29 is 14.9 Å². The summed E-state index contributed by atoms with van der Waals surface area (Å²) in [5.74, 6) is 1.72. The monoisotopic (exact) mass is 398 g/mol. The van der Waals surface area contributed by atoms with Gasteiger partial charge in [0.05, 0.1) is 11.0 Å². The van der Waals surface area contributed by atoms with E-state index in [4.69, 9.17) is 4.74 Å². The van der Waals surface area contributed by atoms with E-state index in [0.717, 1.165) is 63.2 Å². The predicted molar refractivity (Wildman–Crippen MR) is 111 cm³/mol. The second-order valence-electron chi connectivity index (χ2n) is 10.2. The van der Waals surface area contributed by atoms with Gasteiger partial charge >= 0.3 is 0 Å². The maximum atomic E-state index is 12.4. The topological polar surface area (TPSA) is 65.0 Å². The summed E-state index contributed by atoms with van der Waals surface area (Å²) < 4.78 is 6.56. The van der Waals surface area contributed by atoms with Crippen molar-refractivity contribution in [2.24, 2.45) is 5.92 Å². The molecule has 0 radical (unpaired) electrons. The van der Waals surface area contributed by atoms with E-state index in [1.165, 1.54) is 24.8 Å². The van der Waals surface area contributed by atoms with E-state index in [2.05, 4.69) is 23.2 Å². The number of hydrogen-bond donors (Lipinski definition) is 3. The van der Waals surface area contributed by atoms with Crippen LogP contribution in [0.2, 0.25) is 0 Å². The third kappa shape index (κ3) is 2.38. The van der Waals surface area contributed by atoms with Crippen LogP contribution in [-0.4, -0.2) is 58.5 Å². The molecular weight excluding hydrogens is 364 g/mol. The SMILES string of the molecule is CCCCN[C@@H]1CC[C@@]2(O)[C@H]3Cc4ccc(O)c5c4[C@@]2(CCN3CC2CC2)[C@H]1O5. The number of rotatable bonds is 6. The van der Waals surface area contributed by atoms with E-state index >= 15 is 0 Å². The third-order valence-corrected chi connectivity index (χ3v) is 8.70. The van der Waals surface area contributed by atoms with Crippen LogP contribution < -0.4 is 10.1 Å². The molecule has 1 spiro atoms. The molecule has 5 atom stereocenters. The first-order chi connectivity index (χ1) is 14.1. The van der Waals surface area contributed by atoms with Gasteiger partial charge in [-0.25, -0.2) is 0 Å². The van der Waals surface area contributed by atoms with E-state index in [1.807, 2.05) is 0 Å². The Bertz CT molecular complexity index is 825. The molecule has 2 saturated carbocycles. The van der Waals surface area contributed by atoms with Crippen molar-refractivity contribution in [3.05, 3.63) is 23.3 Å². The number of nitrogens with zero attached hydrogens (tertiary/aromatic N) is 1. The molecule has 1 aromatic carbocycles. The minimum Gasteiger partial charge on any atom is -0.504 e. The van der Waals surface area contributed by atoms with Crippen LogP contribution in [0.25, 0.3) is 0 Å². The zero-order valence-corrected chi connectivity index (χ0v) is 17.5. The summed E-state index contributed by atoms with van der Waals surface area (Å²) in [6.07, 6.45) is 8.47. The highest BCUT2D eigenvalue weighted by atomic mass is 16.5. The van der Waals surface area contributed by atoms with Gasteiger partial charge in [0.1, 0.15) is 6.10 Å². The summed E-state index contributed by atoms with van der Waals surface area (Å²) in [6.45, 7) is 5.36. The molecule has 1 aromatic rings. The quantitative estimate of drug-likeness (QED) is 0.643. The van der Waals surface area contributed by atoms with Crippen molar-refractivity contribution in [3.8, 4) is 11.5 Å². The number of phenols is 1. The molecule has 3 N–H and O–H groups in total. The summed E-state index contributed by atoms with van der Waals surface area (Å²) in [4.78, 5) is 2.60. The molecule has 158 valence electrons. The smallest absolute Gasteiger partial charge is 0.165 e. The Morgan fingerprint density at radius 2 is 2.10 bits per heavy atom. The Balaban J connectivity index is 1.45. The lowest BCUT2D eigenvalue weighted by molar-refractivity contribution is -0.191. The summed E-state index contributed by atoms with van der Waals surface area (Å²) >= 11 is 0. The molecule has 0 unspecified atom stereocenters. The molecule has 2 aliphatic heterocycles. The van der Waals surface area contributed by atoms with Crippen LogP contribution in [0.3, 0.4) is 0 Å². The maximum Gasteiger partial charge on any atom is 0.165 e. The molecule has 0 aromatic heterocycles. The summed E-state index contributed by atoms with van der Waals surface area (Å²) in [5, 5.41) is 26.7. The fourth-order valence-corrected chi connectivity index (χ4v) is 7.15. The summed E-state index contributed by atoms with van der Waals surface area (Å²) in [7, 11) is 0. The Morgan fingerprint density at radius 3 is 2.90 bits per heavy atom. The Labute approximate surface area is 173 Å². The van der Waals surface area contributed by atoms with Crippen LogP contribution in [0, 0.1) is 5.92 Å². The molecule has 2 heterocycles. The Kier molecular flexibility index (Phi) is 4.04. The van der Waals surface area contributed by atoms with Gasteiger partial charge in [0.15, 0.2) is 11.5 Å². The van der Waals surface area contributed by atoms with Gasteiger partial charge in [-0.05, 0) is 75.6 Å². The molecule has 5 heteroatoms. The molecule has 2 bridgehead atoms. The van der Waals surface area contributed by atoms with Crippen molar-refractivity contribution >= 4 is 0 Å². The number of ether oxygens (including phenoxy) is 1. The van der Waals surface area contributed by atoms with Crippen molar-refractivity contribution in [2.45, 2.75) is 87.5 Å². The molecule has 5 aliphatic rings. The highest BCUT2D eigenvalue weighted by Gasteiger charge is 2.72. The van der Waals surface area contributed by atoms with Gasteiger partial charge < -0.3 is 20.3 Å². The fourth-order valence-electron chi connectivity index (χ4n) is 7.15. The minimum absolute atomic E-state index is 0.0916. The van der Waals surface area contributed by atoms with Crippen molar-refractivity contribution in [1.29, 1.82) is 0 Å². The lowest BCUT2D eigenvalue weighted by Gasteiger charge is -2.64. The number of unbranched alkanes of at least 4 members (excludes halogenated alkanes) is 1. The first kappa shape index (κ1) is 18.5. The molecular formula is C24H34N2O3. The average molecular weight is 399 g/mol. The number of likely N-dealkylation sites (tertiary alicyclic amines) is 1. The van der Waals surface area contributed by atoms with Crippen LogP contribution in [0.1, 0.15) is 63.0 Å². The number of phenolic OH excluding ortho intramolecular Hbond substituents is 1. The van der Waals surface area contributed by atoms with Gasteiger partial charge in [-0.15, -0.1) is 0 Å². The largest absolute Gasteiger partial charge is 0.504 e. The van der Waals surface area contributed by atoms with E-state index in [-0.39, 0.29) is 29.4 Å². The van der Waals surface area contributed by atoms with Crippen LogP contribution in [0.15, 0.2) is 12.1 Å². The second-order valence-corrected chi connectivity index (χ2v) is 10.2. The number of nitrogens with one attached hydrogen (secondary N) is 1. The first-order valence-electron chi connectivity index (χ1n) is 11.8. The van der Waals surface area contributed by atoms with Gasteiger partial charge in [0, 0.05) is 24.2 Å². The van der Waals surface area contributed by atoms with Crippen LogP contribution in [-0.2, 0) is 11.8 Å². The number of benzene rings is 1. The third-order valence-electron chi connectivity index (χ3n) is 8.70. The van der Waals surface area contributed by atoms with Crippen LogP contribution >= 0.6 is 0 Å². The Hall–Kier alpha value is -1.30. The van der Waals surface area contributed by atoms with Crippen LogP contribution in [0.4, 0.5) is 0 Å². The van der Waals surface area contributed by atoms with E-state index < -0.39 is 5.60 Å². The number of aromatic hydroxyl groups is 1. The highest BCUT2D eigenvalue weighted by Crippen LogP contribution is 2.65. The van der Waals surface area contributed by atoms with Gasteiger partial charge in [-0.2, -0.15) is 0 Å². The van der Waals surface area contributed by atoms with E-state index in [9.17, 15) is 10.2 Å². The number of hydrogen-bond acceptors (Lipinski definition) is 5. The van der Waals surface area contributed by atoms with Gasteiger partial charge in [-0.3, -0.25) is 4.90 Å². The molecule has 3 aliphatic carbocycles. The van der Waals surface area contributed by atoms with Gasteiger partial charge in [0.25, 0.3) is 0 Å². The lowest BCUT2D eigenvalue weighted by atomic mass is 9.48. The zero-order chi connectivity index (χ0) is 19.8. The van der Waals surface area contributed by atoms with E-state index in [0.29, 0.717) is 5.75 Å². The first-order valence-corrected chi connectivity index (χ1v) is 11.8. The maximum absolute atomic E-state index is 12.4.